The number of hydrogen-bond donors (Lipinski definition) is 3. The summed E-state index contributed by atoms with van der Waals surface area (Å²) in [5, 5.41) is 0. The number of rotatable bonds is 4. The maximum absolute atomic E-state index is 11.9. The first-order valence-corrected chi connectivity index (χ1v) is 8.58. The molecule has 0 radical (unpaired) electrons. The molecule has 25 heavy (non-hydrogen) atoms. The third-order valence-corrected chi connectivity index (χ3v) is 4.85. The van der Waals surface area contributed by atoms with Gasteiger partial charge in [0.1, 0.15) is 5.82 Å². The van der Waals surface area contributed by atoms with Crippen LogP contribution in [0.4, 0.5) is 5.82 Å². The van der Waals surface area contributed by atoms with Crippen molar-refractivity contribution in [3.63, 3.8) is 0 Å². The van der Waals surface area contributed by atoms with Gasteiger partial charge in [0.2, 0.25) is 0 Å². The summed E-state index contributed by atoms with van der Waals surface area (Å²) < 4.78 is 1.48. The Morgan fingerprint density at radius 3 is 2.36 bits per heavy atom. The molecule has 3 rings (SSSR count). The highest BCUT2D eigenvalue weighted by atomic mass is 16.1. The van der Waals surface area contributed by atoms with Crippen LogP contribution in [-0.4, -0.2) is 39.6 Å². The predicted molar refractivity (Wildman–Crippen MR) is 99.3 cm³/mol. The Morgan fingerprint density at radius 2 is 1.76 bits per heavy atom. The van der Waals surface area contributed by atoms with Crippen molar-refractivity contribution >= 4 is 5.82 Å². The van der Waals surface area contributed by atoms with Gasteiger partial charge >= 0.3 is 5.69 Å². The minimum atomic E-state index is -0.380. The van der Waals surface area contributed by atoms with Crippen molar-refractivity contribution < 1.29 is 0 Å². The van der Waals surface area contributed by atoms with E-state index in [4.69, 9.17) is 17.2 Å². The SMILES string of the molecule is CN(Cc1ccc(-n2ccc(N)nc2=O)cc1)C1CC(N)CC(N)C1. The zero-order valence-corrected chi connectivity index (χ0v) is 14.5. The molecule has 6 N–H and O–H groups in total. The molecule has 1 aliphatic rings. The van der Waals surface area contributed by atoms with Crippen molar-refractivity contribution in [3.05, 3.63) is 52.6 Å². The van der Waals surface area contributed by atoms with E-state index in [1.54, 1.807) is 12.3 Å². The third-order valence-electron chi connectivity index (χ3n) is 4.85. The second-order valence-corrected chi connectivity index (χ2v) is 6.97. The van der Waals surface area contributed by atoms with Gasteiger partial charge in [-0.3, -0.25) is 9.47 Å². The Balaban J connectivity index is 1.69. The van der Waals surface area contributed by atoms with Crippen molar-refractivity contribution in [1.82, 2.24) is 14.5 Å². The van der Waals surface area contributed by atoms with Crippen LogP contribution in [0, 0.1) is 0 Å². The van der Waals surface area contributed by atoms with E-state index in [-0.39, 0.29) is 23.6 Å². The highest BCUT2D eigenvalue weighted by Crippen LogP contribution is 2.22. The molecule has 1 aliphatic carbocycles. The monoisotopic (exact) mass is 342 g/mol. The van der Waals surface area contributed by atoms with Gasteiger partial charge in [-0.2, -0.15) is 4.98 Å². The Bertz CT molecular complexity index is 762. The van der Waals surface area contributed by atoms with Crippen LogP contribution in [0.25, 0.3) is 5.69 Å². The van der Waals surface area contributed by atoms with Gasteiger partial charge in [0, 0.05) is 30.9 Å². The zero-order valence-electron chi connectivity index (χ0n) is 14.5. The van der Waals surface area contributed by atoms with E-state index in [1.807, 2.05) is 24.3 Å². The van der Waals surface area contributed by atoms with Gasteiger partial charge in [-0.15, -0.1) is 0 Å². The molecule has 0 saturated heterocycles. The Hall–Kier alpha value is -2.22. The van der Waals surface area contributed by atoms with E-state index in [1.165, 1.54) is 10.1 Å². The van der Waals surface area contributed by atoms with Gasteiger partial charge in [0.25, 0.3) is 0 Å². The molecule has 1 saturated carbocycles. The summed E-state index contributed by atoms with van der Waals surface area (Å²) in [4.78, 5) is 18.0. The van der Waals surface area contributed by atoms with Gasteiger partial charge in [0.05, 0.1) is 5.69 Å². The lowest BCUT2D eigenvalue weighted by Gasteiger charge is -2.37. The van der Waals surface area contributed by atoms with Crippen LogP contribution < -0.4 is 22.9 Å². The molecule has 2 atom stereocenters. The maximum Gasteiger partial charge on any atom is 0.354 e. The van der Waals surface area contributed by atoms with Crippen molar-refractivity contribution in [2.45, 2.75) is 43.9 Å². The average Bonchev–Trinajstić information content (AvgIpc) is 2.55. The first kappa shape index (κ1) is 17.6. The summed E-state index contributed by atoms with van der Waals surface area (Å²) in [5.41, 5.74) is 19.3. The minimum absolute atomic E-state index is 0.184. The summed E-state index contributed by atoms with van der Waals surface area (Å²) in [5.74, 6) is 0.225. The number of nitrogens with two attached hydrogens (primary N) is 3. The molecule has 0 bridgehead atoms. The summed E-state index contributed by atoms with van der Waals surface area (Å²) in [6, 6.07) is 10.3. The highest BCUT2D eigenvalue weighted by Gasteiger charge is 2.27. The van der Waals surface area contributed by atoms with Crippen LogP contribution in [0.2, 0.25) is 0 Å². The van der Waals surface area contributed by atoms with Crippen molar-refractivity contribution in [3.8, 4) is 5.69 Å². The molecule has 7 heteroatoms. The van der Waals surface area contributed by atoms with Gasteiger partial charge in [-0.05, 0) is 50.1 Å². The van der Waals surface area contributed by atoms with Crippen LogP contribution in [0.1, 0.15) is 24.8 Å². The molecule has 134 valence electrons. The molecule has 2 aromatic rings. The third kappa shape index (κ3) is 4.25. The molecule has 2 unspecified atom stereocenters. The summed E-state index contributed by atoms with van der Waals surface area (Å²) in [6.07, 6.45) is 4.50. The Kier molecular flexibility index (Phi) is 5.17. The second kappa shape index (κ2) is 7.35. The molecule has 7 nitrogen and oxygen atoms in total. The van der Waals surface area contributed by atoms with Crippen LogP contribution in [0.15, 0.2) is 41.3 Å². The number of hydrogen-bond acceptors (Lipinski definition) is 6. The maximum atomic E-state index is 11.9. The lowest BCUT2D eigenvalue weighted by atomic mass is 9.87. The van der Waals surface area contributed by atoms with Crippen molar-refractivity contribution in [1.29, 1.82) is 0 Å². The van der Waals surface area contributed by atoms with E-state index in [0.29, 0.717) is 6.04 Å². The molecular weight excluding hydrogens is 316 g/mol. The standard InChI is InChI=1S/C18H26N6O/c1-23(16-9-13(19)8-14(20)10-16)11-12-2-4-15(5-3-12)24-7-6-17(21)22-18(24)25/h2-7,13-14,16H,8-11,19-20H2,1H3,(H2,21,22,25). The lowest BCUT2D eigenvalue weighted by molar-refractivity contribution is 0.162. The molecule has 1 aromatic carbocycles. The summed E-state index contributed by atoms with van der Waals surface area (Å²) in [7, 11) is 2.11. The molecule has 1 fully saturated rings. The number of anilines is 1. The van der Waals surface area contributed by atoms with Crippen molar-refractivity contribution in [2.24, 2.45) is 11.5 Å². The van der Waals surface area contributed by atoms with Gasteiger partial charge < -0.3 is 17.2 Å². The van der Waals surface area contributed by atoms with Gasteiger partial charge in [-0.25, -0.2) is 4.79 Å². The van der Waals surface area contributed by atoms with Crippen LogP contribution in [-0.2, 0) is 6.54 Å². The van der Waals surface area contributed by atoms with Crippen molar-refractivity contribution in [2.75, 3.05) is 12.8 Å². The molecule has 1 aromatic heterocycles. The quantitative estimate of drug-likeness (QED) is 0.743. The fraction of sp³-hybridized carbons (Fsp3) is 0.444. The number of aromatic nitrogens is 2. The molecule has 0 amide bonds. The molecule has 0 spiro atoms. The van der Waals surface area contributed by atoms with E-state index in [9.17, 15) is 4.79 Å². The number of benzene rings is 1. The average molecular weight is 342 g/mol. The highest BCUT2D eigenvalue weighted by molar-refractivity contribution is 5.36. The van der Waals surface area contributed by atoms with Gasteiger partial charge in [0.15, 0.2) is 0 Å². The zero-order chi connectivity index (χ0) is 18.0. The summed E-state index contributed by atoms with van der Waals surface area (Å²) >= 11 is 0. The van der Waals surface area contributed by atoms with Crippen LogP contribution >= 0.6 is 0 Å². The first-order valence-electron chi connectivity index (χ1n) is 8.58. The summed E-state index contributed by atoms with van der Waals surface area (Å²) in [6.45, 7) is 0.819. The fourth-order valence-electron chi connectivity index (χ4n) is 3.53. The number of nitrogens with zero attached hydrogens (tertiary/aromatic N) is 3. The Morgan fingerprint density at radius 1 is 1.12 bits per heavy atom. The topological polar surface area (TPSA) is 116 Å². The van der Waals surface area contributed by atoms with E-state index >= 15 is 0 Å². The first-order chi connectivity index (χ1) is 11.9. The normalized spacial score (nSPS) is 23.8. The molecule has 1 heterocycles. The fourth-order valence-corrected chi connectivity index (χ4v) is 3.53. The van der Waals surface area contributed by atoms with Crippen LogP contribution in [0.3, 0.4) is 0 Å². The second-order valence-electron chi connectivity index (χ2n) is 6.97. The Labute approximate surface area is 147 Å². The molecule has 0 aliphatic heterocycles. The number of nitrogen functional groups attached to an aromatic ring is 1. The van der Waals surface area contributed by atoms with Crippen LogP contribution in [0.5, 0.6) is 0 Å². The van der Waals surface area contributed by atoms with E-state index in [2.05, 4.69) is 16.9 Å². The lowest BCUT2D eigenvalue weighted by Crippen LogP contribution is -2.47. The molecular formula is C18H26N6O. The van der Waals surface area contributed by atoms with Gasteiger partial charge in [-0.1, -0.05) is 12.1 Å². The smallest absolute Gasteiger partial charge is 0.354 e. The van der Waals surface area contributed by atoms with E-state index < -0.39 is 0 Å². The largest absolute Gasteiger partial charge is 0.383 e. The van der Waals surface area contributed by atoms with E-state index in [0.717, 1.165) is 31.5 Å². The minimum Gasteiger partial charge on any atom is -0.383 e. The predicted octanol–water partition coefficient (Wildman–Crippen LogP) is 0.454.